The number of aliphatic hydroxyl groups is 1. The summed E-state index contributed by atoms with van der Waals surface area (Å²) in [5.41, 5.74) is 0.164. The molecule has 124 valence electrons. The van der Waals surface area contributed by atoms with Gasteiger partial charge in [-0.15, -0.1) is 6.58 Å². The van der Waals surface area contributed by atoms with E-state index in [-0.39, 0.29) is 23.6 Å². The van der Waals surface area contributed by atoms with Crippen molar-refractivity contribution in [1.82, 2.24) is 0 Å². The number of carbonyl (C=O) groups is 1. The molecule has 2 rings (SSSR count). The minimum Gasteiger partial charge on any atom is -0.475 e. The van der Waals surface area contributed by atoms with Gasteiger partial charge in [0, 0.05) is 5.39 Å². The molecule has 2 aromatic rings. The largest absolute Gasteiger partial charge is 0.475 e. The number of carbonyl (C=O) groups excluding carboxylic acids is 1. The Morgan fingerprint density at radius 1 is 1.46 bits per heavy atom. The highest BCUT2D eigenvalue weighted by Crippen LogP contribution is 2.34. The van der Waals surface area contributed by atoms with Gasteiger partial charge in [0.1, 0.15) is 11.1 Å². The maximum absolute atomic E-state index is 12.3. The summed E-state index contributed by atoms with van der Waals surface area (Å²) in [4.78, 5) is 15.3. The average Bonchev–Trinajstić information content (AvgIpc) is 2.98. The fourth-order valence-corrected chi connectivity index (χ4v) is 2.18. The van der Waals surface area contributed by atoms with E-state index in [2.05, 4.69) is 11.6 Å². The molecule has 0 atom stereocenters. The van der Waals surface area contributed by atoms with Gasteiger partial charge in [0.05, 0.1) is 13.7 Å². The number of benzene rings is 1. The number of esters is 1. The molecule has 0 fully saturated rings. The van der Waals surface area contributed by atoms with Crippen LogP contribution in [0.2, 0.25) is 0 Å². The number of hydrogen-bond donors (Lipinski definition) is 1. The summed E-state index contributed by atoms with van der Waals surface area (Å²) >= 11 is 0. The van der Waals surface area contributed by atoms with Crippen molar-refractivity contribution in [2.24, 2.45) is 0 Å². The van der Waals surface area contributed by atoms with Gasteiger partial charge in [0.2, 0.25) is 11.2 Å². The van der Waals surface area contributed by atoms with Crippen molar-refractivity contribution < 1.29 is 23.8 Å². The van der Waals surface area contributed by atoms with E-state index in [1.807, 2.05) is 0 Å². The average molecular weight is 329 g/mol. The highest BCUT2D eigenvalue weighted by molar-refractivity contribution is 6.04. The second-order valence-corrected chi connectivity index (χ2v) is 4.83. The van der Waals surface area contributed by atoms with Gasteiger partial charge in [0.15, 0.2) is 4.98 Å². The standard InChI is InChI=1S/C17H16N2O5/c1-3-4-7-10-23-17(21)15-13(14(19-18)16(20)22-2)11-8-5-6-9-12(11)24-15/h3,5-6,8-9H,1,4,7,10H2,2H3/p+1. The lowest BCUT2D eigenvalue weighted by Gasteiger charge is -2.02. The number of fused-ring (bicyclic) bond motifs is 1. The fraction of sp³-hybridized carbons (Fsp3) is 0.235. The minimum atomic E-state index is -0.727. The second kappa shape index (κ2) is 7.83. The molecule has 1 heterocycles. The quantitative estimate of drug-likeness (QED) is 0.268. The van der Waals surface area contributed by atoms with Crippen LogP contribution < -0.4 is 0 Å². The summed E-state index contributed by atoms with van der Waals surface area (Å²) in [7, 11) is 1.20. The zero-order chi connectivity index (χ0) is 17.5. The first-order chi connectivity index (χ1) is 11.6. The number of diazo groups is 1. The Morgan fingerprint density at radius 2 is 2.21 bits per heavy atom. The van der Waals surface area contributed by atoms with Crippen LogP contribution in [0.1, 0.15) is 29.0 Å². The number of unbranched alkanes of at least 4 members (excludes halogenated alkanes) is 1. The number of rotatable bonds is 7. The molecule has 0 saturated heterocycles. The second-order valence-electron chi connectivity index (χ2n) is 4.83. The van der Waals surface area contributed by atoms with Crippen LogP contribution in [0.25, 0.3) is 21.6 Å². The predicted octanol–water partition coefficient (Wildman–Crippen LogP) is 4.24. The minimum absolute atomic E-state index is 0.0983. The molecule has 1 N–H and O–H groups in total. The van der Waals surface area contributed by atoms with Crippen molar-refractivity contribution >= 4 is 22.6 Å². The molecule has 0 aliphatic carbocycles. The van der Waals surface area contributed by atoms with Gasteiger partial charge >= 0.3 is 17.6 Å². The Kier molecular flexibility index (Phi) is 5.58. The van der Waals surface area contributed by atoms with Gasteiger partial charge in [-0.1, -0.05) is 24.3 Å². The molecule has 0 bridgehead atoms. The van der Waals surface area contributed by atoms with Crippen molar-refractivity contribution in [2.45, 2.75) is 12.8 Å². The molecule has 0 amide bonds. The van der Waals surface area contributed by atoms with E-state index in [1.165, 1.54) is 7.11 Å². The monoisotopic (exact) mass is 329 g/mol. The highest BCUT2D eigenvalue weighted by Gasteiger charge is 2.35. The zero-order valence-corrected chi connectivity index (χ0v) is 13.2. The molecule has 7 heteroatoms. The lowest BCUT2D eigenvalue weighted by atomic mass is 10.1. The maximum Gasteiger partial charge on any atom is 0.475 e. The first kappa shape index (κ1) is 17.1. The molecule has 0 spiro atoms. The number of furan rings is 1. The number of para-hydroxylation sites is 1. The van der Waals surface area contributed by atoms with E-state index < -0.39 is 11.9 Å². The molecular weight excluding hydrogens is 312 g/mol. The topological polar surface area (TPSA) is 97.1 Å². The van der Waals surface area contributed by atoms with Gasteiger partial charge < -0.3 is 19.0 Å². The SMILES string of the molecule is C=CCCCOC(=O)c1oc2ccccc2c1/C([N+]#N)=C(\O)OC. The lowest BCUT2D eigenvalue weighted by Crippen LogP contribution is -2.08. The fourth-order valence-electron chi connectivity index (χ4n) is 2.18. The van der Waals surface area contributed by atoms with Crippen LogP contribution in [-0.4, -0.2) is 24.8 Å². The van der Waals surface area contributed by atoms with Crippen LogP contribution in [0.3, 0.4) is 0 Å². The third kappa shape index (κ3) is 3.38. The molecule has 0 radical (unpaired) electrons. The molecule has 24 heavy (non-hydrogen) atoms. The van der Waals surface area contributed by atoms with Gasteiger partial charge in [-0.05, 0) is 18.9 Å². The van der Waals surface area contributed by atoms with Crippen molar-refractivity contribution in [3.63, 3.8) is 0 Å². The Morgan fingerprint density at radius 3 is 2.88 bits per heavy atom. The van der Waals surface area contributed by atoms with Crippen molar-refractivity contribution in [3.8, 4) is 0 Å². The molecular formula is C17H17N2O5+. The first-order valence-electron chi connectivity index (χ1n) is 7.26. The molecule has 1 aromatic heterocycles. The molecule has 0 aliphatic rings. The molecule has 7 nitrogen and oxygen atoms in total. The zero-order valence-electron chi connectivity index (χ0n) is 13.2. The molecule has 0 aliphatic heterocycles. The third-order valence-electron chi connectivity index (χ3n) is 3.30. The van der Waals surface area contributed by atoms with Gasteiger partial charge in [-0.2, -0.15) is 0 Å². The van der Waals surface area contributed by atoms with E-state index in [1.54, 1.807) is 30.3 Å². The highest BCUT2D eigenvalue weighted by atomic mass is 16.6. The molecule has 0 saturated carbocycles. The number of nitrogens with zero attached hydrogens (tertiary/aromatic N) is 2. The number of allylic oxidation sites excluding steroid dienone is 1. The van der Waals surface area contributed by atoms with Crippen molar-refractivity contribution in [1.29, 1.82) is 5.39 Å². The Balaban J connectivity index is 2.50. The van der Waals surface area contributed by atoms with Crippen LogP contribution >= 0.6 is 0 Å². The smallest absolute Gasteiger partial charge is 0.475 e. The van der Waals surface area contributed by atoms with Gasteiger partial charge in [0.25, 0.3) is 0 Å². The van der Waals surface area contributed by atoms with Gasteiger partial charge in [-0.25, -0.2) is 4.79 Å². The first-order valence-corrected chi connectivity index (χ1v) is 7.26. The number of hydrogen-bond acceptors (Lipinski definition) is 6. The van der Waals surface area contributed by atoms with Crippen LogP contribution in [0.5, 0.6) is 0 Å². The third-order valence-corrected chi connectivity index (χ3v) is 3.30. The Bertz CT molecular complexity index is 829. The summed E-state index contributed by atoms with van der Waals surface area (Å²) in [6.07, 6.45) is 3.06. The van der Waals surface area contributed by atoms with Crippen molar-refractivity contribution in [3.05, 3.63) is 59.2 Å². The Labute approximate surface area is 138 Å². The Hall–Kier alpha value is -3.27. The predicted molar refractivity (Wildman–Crippen MR) is 87.6 cm³/mol. The van der Waals surface area contributed by atoms with Crippen LogP contribution in [0.4, 0.5) is 0 Å². The van der Waals surface area contributed by atoms with E-state index in [0.29, 0.717) is 23.8 Å². The van der Waals surface area contributed by atoms with E-state index >= 15 is 0 Å². The normalized spacial score (nSPS) is 11.5. The summed E-state index contributed by atoms with van der Waals surface area (Å²) < 4.78 is 15.4. The van der Waals surface area contributed by atoms with E-state index in [0.717, 1.165) is 0 Å². The molecule has 0 unspecified atom stereocenters. The lowest BCUT2D eigenvalue weighted by molar-refractivity contribution is 0.0467. The van der Waals surface area contributed by atoms with Crippen molar-refractivity contribution in [2.75, 3.05) is 13.7 Å². The summed E-state index contributed by atoms with van der Waals surface area (Å²) in [5.74, 6) is -1.55. The summed E-state index contributed by atoms with van der Waals surface area (Å²) in [6, 6.07) is 6.76. The molecule has 1 aromatic carbocycles. The van der Waals surface area contributed by atoms with Crippen LogP contribution in [-0.2, 0) is 9.47 Å². The number of methoxy groups -OCH3 is 1. The van der Waals surface area contributed by atoms with E-state index in [4.69, 9.17) is 13.9 Å². The van der Waals surface area contributed by atoms with Crippen LogP contribution in [0.15, 0.2) is 47.3 Å². The maximum atomic E-state index is 12.3. The summed E-state index contributed by atoms with van der Waals surface area (Å²) in [5, 5.41) is 19.5. The van der Waals surface area contributed by atoms with E-state index in [9.17, 15) is 15.3 Å². The summed E-state index contributed by atoms with van der Waals surface area (Å²) in [6.45, 7) is 3.78. The number of aliphatic hydroxyl groups excluding tert-OH is 1. The number of ether oxygens (including phenoxy) is 2. The van der Waals surface area contributed by atoms with Crippen LogP contribution in [0, 0.1) is 5.39 Å². The van der Waals surface area contributed by atoms with Gasteiger partial charge in [-0.3, -0.25) is 0 Å².